The minimum atomic E-state index is 0.506. The lowest BCUT2D eigenvalue weighted by atomic mass is 10.5. The molecule has 0 saturated carbocycles. The molecule has 0 saturated heterocycles. The minimum Gasteiger partial charge on any atom is -0.378 e. The minimum absolute atomic E-state index is 0.506. The predicted octanol–water partition coefficient (Wildman–Crippen LogP) is 0.517. The van der Waals surface area contributed by atoms with Gasteiger partial charge in [0.1, 0.15) is 17.2 Å². The van der Waals surface area contributed by atoms with E-state index in [1.165, 1.54) is 12.5 Å². The van der Waals surface area contributed by atoms with Gasteiger partial charge in [-0.15, -0.1) is 0 Å². The molecule has 0 atom stereocenters. The molecule has 0 amide bonds. The molecule has 6 heteroatoms. The molecule has 1 aromatic heterocycles. The van der Waals surface area contributed by atoms with Crippen molar-refractivity contribution < 1.29 is 4.74 Å². The maximum Gasteiger partial charge on any atom is 0.148 e. The van der Waals surface area contributed by atoms with E-state index in [2.05, 4.69) is 15.3 Å². The average molecular weight is 217 g/mol. The monoisotopic (exact) mass is 216 g/mol. The molecule has 1 rings (SSSR count). The van der Waals surface area contributed by atoms with Gasteiger partial charge in [-0.05, 0) is 0 Å². The number of nitrogens with one attached hydrogen (secondary N) is 1. The summed E-state index contributed by atoms with van der Waals surface area (Å²) in [6.07, 6.45) is 2.98. The highest BCUT2D eigenvalue weighted by Crippen LogP contribution is 2.15. The Balaban J connectivity index is 2.21. The molecule has 0 fully saturated rings. The smallest absolute Gasteiger partial charge is 0.148 e. The maximum atomic E-state index is 5.82. The van der Waals surface area contributed by atoms with E-state index >= 15 is 0 Å². The lowest BCUT2D eigenvalue weighted by molar-refractivity contribution is 0.151. The Morgan fingerprint density at radius 2 is 2.36 bits per heavy atom. The van der Waals surface area contributed by atoms with Crippen LogP contribution in [0.5, 0.6) is 0 Å². The first kappa shape index (κ1) is 11.2. The normalized spacial score (nSPS) is 10.1. The van der Waals surface area contributed by atoms with Crippen LogP contribution in [0.2, 0.25) is 5.02 Å². The van der Waals surface area contributed by atoms with E-state index in [-0.39, 0.29) is 0 Å². The van der Waals surface area contributed by atoms with Crippen molar-refractivity contribution in [3.05, 3.63) is 17.5 Å². The van der Waals surface area contributed by atoms with Crippen molar-refractivity contribution >= 4 is 17.4 Å². The van der Waals surface area contributed by atoms with Crippen LogP contribution in [0.4, 0.5) is 5.82 Å². The quantitative estimate of drug-likeness (QED) is 0.679. The molecular weight excluding hydrogens is 204 g/mol. The third-order valence-electron chi connectivity index (χ3n) is 1.47. The number of hydrogen-bond donors (Lipinski definition) is 2. The summed E-state index contributed by atoms with van der Waals surface area (Å²) < 4.78 is 5.17. The van der Waals surface area contributed by atoms with Crippen LogP contribution in [-0.4, -0.2) is 36.3 Å². The van der Waals surface area contributed by atoms with Crippen molar-refractivity contribution in [2.24, 2.45) is 5.73 Å². The van der Waals surface area contributed by atoms with Gasteiger partial charge in [0.05, 0.1) is 19.4 Å². The molecule has 0 bridgehead atoms. The molecule has 0 unspecified atom stereocenters. The highest BCUT2D eigenvalue weighted by Gasteiger charge is 1.98. The first-order valence-electron chi connectivity index (χ1n) is 4.32. The largest absolute Gasteiger partial charge is 0.378 e. The molecular formula is C8H13ClN4O. The molecule has 1 heterocycles. The van der Waals surface area contributed by atoms with Crippen molar-refractivity contribution in [2.45, 2.75) is 0 Å². The zero-order valence-electron chi connectivity index (χ0n) is 7.74. The van der Waals surface area contributed by atoms with Crippen LogP contribution in [0.3, 0.4) is 0 Å². The summed E-state index contributed by atoms with van der Waals surface area (Å²) in [5.74, 6) is 0.623. The number of halogens is 1. The Hall–Kier alpha value is -0.910. The van der Waals surface area contributed by atoms with Gasteiger partial charge < -0.3 is 15.8 Å². The molecule has 0 aliphatic heterocycles. The van der Waals surface area contributed by atoms with E-state index < -0.39 is 0 Å². The number of aromatic nitrogens is 2. The molecule has 0 spiro atoms. The Bertz CT molecular complexity index is 271. The number of nitrogens with zero attached hydrogens (tertiary/aromatic N) is 2. The second-order valence-corrected chi connectivity index (χ2v) is 2.95. The van der Waals surface area contributed by atoms with Crippen molar-refractivity contribution in [3.63, 3.8) is 0 Å². The Labute approximate surface area is 87.6 Å². The zero-order chi connectivity index (χ0) is 10.2. The number of ether oxygens (including phenoxy) is 1. The van der Waals surface area contributed by atoms with Crippen LogP contribution in [0.15, 0.2) is 12.5 Å². The van der Waals surface area contributed by atoms with Crippen LogP contribution in [0.1, 0.15) is 0 Å². The lowest BCUT2D eigenvalue weighted by Crippen LogP contribution is -2.15. The Morgan fingerprint density at radius 1 is 1.50 bits per heavy atom. The van der Waals surface area contributed by atoms with Crippen LogP contribution < -0.4 is 11.1 Å². The highest BCUT2D eigenvalue weighted by atomic mass is 35.5. The molecule has 0 aromatic carbocycles. The number of hydrogen-bond acceptors (Lipinski definition) is 5. The molecule has 3 N–H and O–H groups in total. The molecule has 1 aromatic rings. The van der Waals surface area contributed by atoms with Crippen molar-refractivity contribution in [1.82, 2.24) is 9.97 Å². The Kier molecular flexibility index (Phi) is 5.21. The number of nitrogens with two attached hydrogens (primary N) is 1. The SMILES string of the molecule is NCCOCCNc1ncncc1Cl. The van der Waals surface area contributed by atoms with Gasteiger partial charge in [-0.3, -0.25) is 0 Å². The second-order valence-electron chi connectivity index (χ2n) is 2.55. The first-order chi connectivity index (χ1) is 6.84. The van der Waals surface area contributed by atoms with Crippen LogP contribution in [0.25, 0.3) is 0 Å². The van der Waals surface area contributed by atoms with Crippen molar-refractivity contribution in [1.29, 1.82) is 0 Å². The lowest BCUT2D eigenvalue weighted by Gasteiger charge is -2.06. The molecule has 14 heavy (non-hydrogen) atoms. The van der Waals surface area contributed by atoms with Gasteiger partial charge in [-0.2, -0.15) is 0 Å². The van der Waals surface area contributed by atoms with Gasteiger partial charge >= 0.3 is 0 Å². The third-order valence-corrected chi connectivity index (χ3v) is 1.75. The molecule has 5 nitrogen and oxygen atoms in total. The summed E-state index contributed by atoms with van der Waals surface area (Å²) in [5.41, 5.74) is 5.26. The molecule has 0 aliphatic rings. The average Bonchev–Trinajstić information content (AvgIpc) is 2.20. The number of anilines is 1. The van der Waals surface area contributed by atoms with Crippen molar-refractivity contribution in [3.8, 4) is 0 Å². The molecule has 0 radical (unpaired) electrons. The standard InChI is InChI=1S/C8H13ClN4O/c9-7-5-11-6-13-8(7)12-2-4-14-3-1-10/h5-6H,1-4,10H2,(H,11,12,13). The number of rotatable bonds is 6. The topological polar surface area (TPSA) is 73.1 Å². The fourth-order valence-electron chi connectivity index (χ4n) is 0.870. The summed E-state index contributed by atoms with van der Waals surface area (Å²) in [6.45, 7) is 2.34. The van der Waals surface area contributed by atoms with E-state index in [0.717, 1.165) is 0 Å². The van der Waals surface area contributed by atoms with Crippen LogP contribution in [-0.2, 0) is 4.74 Å². The Morgan fingerprint density at radius 3 is 3.07 bits per heavy atom. The fourth-order valence-corrected chi connectivity index (χ4v) is 1.04. The van der Waals surface area contributed by atoms with Gasteiger partial charge in [-0.1, -0.05) is 11.6 Å². The predicted molar refractivity (Wildman–Crippen MR) is 55.4 cm³/mol. The third kappa shape index (κ3) is 3.87. The van der Waals surface area contributed by atoms with Gasteiger partial charge in [0.2, 0.25) is 0 Å². The summed E-state index contributed by atoms with van der Waals surface area (Å²) in [7, 11) is 0. The highest BCUT2D eigenvalue weighted by molar-refractivity contribution is 6.32. The maximum absolute atomic E-state index is 5.82. The van der Waals surface area contributed by atoms with E-state index in [4.69, 9.17) is 22.1 Å². The van der Waals surface area contributed by atoms with Gasteiger partial charge in [0.15, 0.2) is 0 Å². The summed E-state index contributed by atoms with van der Waals surface area (Å²) in [6, 6.07) is 0. The van der Waals surface area contributed by atoms with Crippen LogP contribution in [0, 0.1) is 0 Å². The fraction of sp³-hybridized carbons (Fsp3) is 0.500. The van der Waals surface area contributed by atoms with E-state index in [1.54, 1.807) is 0 Å². The van der Waals surface area contributed by atoms with Gasteiger partial charge in [0, 0.05) is 13.1 Å². The van der Waals surface area contributed by atoms with E-state index in [0.29, 0.717) is 37.1 Å². The van der Waals surface area contributed by atoms with Crippen molar-refractivity contribution in [2.75, 3.05) is 31.6 Å². The summed E-state index contributed by atoms with van der Waals surface area (Å²) in [5, 5.41) is 3.53. The van der Waals surface area contributed by atoms with E-state index in [1.807, 2.05) is 0 Å². The van der Waals surface area contributed by atoms with E-state index in [9.17, 15) is 0 Å². The summed E-state index contributed by atoms with van der Waals surface area (Å²) in [4.78, 5) is 7.73. The summed E-state index contributed by atoms with van der Waals surface area (Å²) >= 11 is 5.82. The second kappa shape index (κ2) is 6.53. The molecule has 78 valence electrons. The van der Waals surface area contributed by atoms with Gasteiger partial charge in [0.25, 0.3) is 0 Å². The molecule has 0 aliphatic carbocycles. The zero-order valence-corrected chi connectivity index (χ0v) is 8.50. The van der Waals surface area contributed by atoms with Crippen LogP contribution >= 0.6 is 11.6 Å². The first-order valence-corrected chi connectivity index (χ1v) is 4.69. The van der Waals surface area contributed by atoms with Gasteiger partial charge in [-0.25, -0.2) is 9.97 Å².